The van der Waals surface area contributed by atoms with E-state index in [1.54, 1.807) is 0 Å². The number of para-hydroxylation sites is 1. The first-order chi connectivity index (χ1) is 18.1. The first kappa shape index (κ1) is 26.9. The molecule has 0 N–H and O–H groups in total. The molecule has 1 heterocycles. The average molecular weight is 564 g/mol. The smallest absolute Gasteiger partial charge is 0.257 e. The second-order valence-electron chi connectivity index (χ2n) is 9.43. The Morgan fingerprint density at radius 3 is 2.32 bits per heavy atom. The van der Waals surface area contributed by atoms with E-state index >= 15 is 0 Å². The molecule has 194 valence electrons. The highest BCUT2D eigenvalue weighted by atomic mass is 79.9. The van der Waals surface area contributed by atoms with E-state index in [2.05, 4.69) is 28.1 Å². The van der Waals surface area contributed by atoms with Gasteiger partial charge in [-0.15, -0.1) is 0 Å². The molecule has 0 bridgehead atoms. The van der Waals surface area contributed by atoms with Gasteiger partial charge in [-0.3, -0.25) is 9.59 Å². The van der Waals surface area contributed by atoms with Gasteiger partial charge in [-0.1, -0.05) is 67.4 Å². The predicted octanol–water partition coefficient (Wildman–Crippen LogP) is 6.62. The highest BCUT2D eigenvalue weighted by Gasteiger charge is 2.28. The van der Waals surface area contributed by atoms with E-state index in [4.69, 9.17) is 4.74 Å². The van der Waals surface area contributed by atoms with Crippen LogP contribution < -0.4 is 4.74 Å². The average Bonchev–Trinajstić information content (AvgIpc) is 2.93. The van der Waals surface area contributed by atoms with Crippen molar-refractivity contribution in [3.8, 4) is 5.75 Å². The number of amides is 2. The zero-order valence-electron chi connectivity index (χ0n) is 21.4. The zero-order chi connectivity index (χ0) is 26.0. The van der Waals surface area contributed by atoms with Crippen molar-refractivity contribution in [1.29, 1.82) is 0 Å². The predicted molar refractivity (Wildman–Crippen MR) is 151 cm³/mol. The van der Waals surface area contributed by atoms with Crippen LogP contribution in [-0.2, 0) is 6.42 Å². The number of carbonyl (C=O) groups is 2. The molecule has 0 radical (unpaired) electrons. The summed E-state index contributed by atoms with van der Waals surface area (Å²) < 4.78 is 7.16. The van der Waals surface area contributed by atoms with Gasteiger partial charge in [0.2, 0.25) is 0 Å². The van der Waals surface area contributed by atoms with E-state index in [1.165, 1.54) is 0 Å². The van der Waals surface area contributed by atoms with Crippen LogP contribution in [0.4, 0.5) is 0 Å². The number of nitrogens with zero attached hydrogens (tertiary/aromatic N) is 2. The van der Waals surface area contributed by atoms with Crippen molar-refractivity contribution in [3.05, 3.63) is 100 Å². The summed E-state index contributed by atoms with van der Waals surface area (Å²) in [7, 11) is 0. The molecule has 0 unspecified atom stereocenters. The molecular formula is C31H35BrN2O3. The van der Waals surface area contributed by atoms with E-state index in [9.17, 15) is 9.59 Å². The minimum Gasteiger partial charge on any atom is -0.491 e. The minimum atomic E-state index is -0.199. The maximum Gasteiger partial charge on any atom is 0.257 e. The highest BCUT2D eigenvalue weighted by Crippen LogP contribution is 2.25. The number of hydrogen-bond donors (Lipinski definition) is 0. The summed E-state index contributed by atoms with van der Waals surface area (Å²) in [6, 6.07) is 25.1. The van der Waals surface area contributed by atoms with Crippen molar-refractivity contribution in [1.82, 2.24) is 9.80 Å². The van der Waals surface area contributed by atoms with E-state index in [0.717, 1.165) is 42.3 Å². The van der Waals surface area contributed by atoms with Gasteiger partial charge >= 0.3 is 0 Å². The van der Waals surface area contributed by atoms with Crippen molar-refractivity contribution in [3.63, 3.8) is 0 Å². The molecule has 4 rings (SSSR count). The third-order valence-corrected chi connectivity index (χ3v) is 7.61. The molecule has 5 nitrogen and oxygen atoms in total. The number of benzene rings is 3. The standard InChI is InChI=1S/C31H35BrN2O3/c1-2-33-20-12-3-4-13-21-34(31(36)26-16-8-10-18-28(26)32)25(22-24-14-6-5-7-15-24)23-37-29-19-11-9-17-27(29)30(33)35/h5-11,14-19,25H,2-4,12-13,20-23H2,1H3/t25-/m1/s1. The van der Waals surface area contributed by atoms with Crippen LogP contribution >= 0.6 is 15.9 Å². The number of rotatable bonds is 4. The molecule has 2 amide bonds. The summed E-state index contributed by atoms with van der Waals surface area (Å²) in [5.41, 5.74) is 2.36. The molecule has 1 aliphatic rings. The number of carbonyl (C=O) groups excluding carboxylic acids is 2. The molecule has 0 aromatic heterocycles. The van der Waals surface area contributed by atoms with Crippen LogP contribution in [0.15, 0.2) is 83.3 Å². The summed E-state index contributed by atoms with van der Waals surface area (Å²) in [5, 5.41) is 0. The molecule has 0 fully saturated rings. The van der Waals surface area contributed by atoms with Gasteiger partial charge < -0.3 is 14.5 Å². The van der Waals surface area contributed by atoms with Gasteiger partial charge in [0.25, 0.3) is 11.8 Å². The van der Waals surface area contributed by atoms with Crippen LogP contribution in [0.3, 0.4) is 0 Å². The topological polar surface area (TPSA) is 49.9 Å². The van der Waals surface area contributed by atoms with E-state index in [-0.39, 0.29) is 17.9 Å². The van der Waals surface area contributed by atoms with Crippen LogP contribution in [0, 0.1) is 0 Å². The summed E-state index contributed by atoms with van der Waals surface area (Å²) in [6.45, 7) is 4.35. The Bertz CT molecular complexity index is 1180. The largest absolute Gasteiger partial charge is 0.491 e. The molecule has 0 aliphatic carbocycles. The van der Waals surface area contributed by atoms with Gasteiger partial charge in [0.05, 0.1) is 17.2 Å². The lowest BCUT2D eigenvalue weighted by molar-refractivity contribution is 0.0596. The van der Waals surface area contributed by atoms with Gasteiger partial charge in [0.15, 0.2) is 0 Å². The van der Waals surface area contributed by atoms with Crippen LogP contribution in [0.2, 0.25) is 0 Å². The molecule has 6 heteroatoms. The van der Waals surface area contributed by atoms with Gasteiger partial charge in [-0.05, 0) is 71.9 Å². The monoisotopic (exact) mass is 562 g/mol. The molecule has 1 aliphatic heterocycles. The number of hydrogen-bond acceptors (Lipinski definition) is 3. The van der Waals surface area contributed by atoms with Gasteiger partial charge in [-0.25, -0.2) is 0 Å². The van der Waals surface area contributed by atoms with Gasteiger partial charge in [0, 0.05) is 24.1 Å². The van der Waals surface area contributed by atoms with Gasteiger partial charge in [0.1, 0.15) is 12.4 Å². The van der Waals surface area contributed by atoms with Crippen LogP contribution in [-0.4, -0.2) is 53.9 Å². The van der Waals surface area contributed by atoms with Crippen molar-refractivity contribution in [2.24, 2.45) is 0 Å². The van der Waals surface area contributed by atoms with Crippen molar-refractivity contribution in [2.45, 2.75) is 45.1 Å². The highest BCUT2D eigenvalue weighted by molar-refractivity contribution is 9.10. The molecule has 3 aromatic rings. The Hall–Kier alpha value is -3.12. The number of fused-ring (bicyclic) bond motifs is 1. The fourth-order valence-corrected chi connectivity index (χ4v) is 5.31. The number of halogens is 1. The molecule has 0 spiro atoms. The third kappa shape index (κ3) is 7.01. The first-order valence-corrected chi connectivity index (χ1v) is 14.0. The van der Waals surface area contributed by atoms with Crippen LogP contribution in [0.25, 0.3) is 0 Å². The van der Waals surface area contributed by atoms with Crippen molar-refractivity contribution >= 4 is 27.7 Å². The molecular weight excluding hydrogens is 528 g/mol. The van der Waals surface area contributed by atoms with Gasteiger partial charge in [-0.2, -0.15) is 0 Å². The second kappa shape index (κ2) is 13.4. The minimum absolute atomic E-state index is 0.00378. The molecule has 1 atom stereocenters. The quantitative estimate of drug-likeness (QED) is 0.359. The SMILES string of the molecule is CCN1CCCCCCN(C(=O)c2ccccc2Br)[C@H](Cc2ccccc2)COc2ccccc2C1=O. The lowest BCUT2D eigenvalue weighted by Crippen LogP contribution is -2.46. The Labute approximate surface area is 228 Å². The Balaban J connectivity index is 1.70. The summed E-state index contributed by atoms with van der Waals surface area (Å²) in [6.07, 6.45) is 4.52. The normalized spacial score (nSPS) is 17.5. The van der Waals surface area contributed by atoms with E-state index in [0.29, 0.717) is 43.0 Å². The van der Waals surface area contributed by atoms with Crippen LogP contribution in [0.5, 0.6) is 5.75 Å². The maximum atomic E-state index is 13.9. The molecule has 0 saturated carbocycles. The number of ether oxygens (including phenoxy) is 1. The Morgan fingerprint density at radius 1 is 0.892 bits per heavy atom. The fraction of sp³-hybridized carbons (Fsp3) is 0.355. The second-order valence-corrected chi connectivity index (χ2v) is 10.3. The van der Waals surface area contributed by atoms with E-state index < -0.39 is 0 Å². The lowest BCUT2D eigenvalue weighted by Gasteiger charge is -2.33. The zero-order valence-corrected chi connectivity index (χ0v) is 23.0. The summed E-state index contributed by atoms with van der Waals surface area (Å²) in [4.78, 5) is 31.2. The molecule has 3 aromatic carbocycles. The van der Waals surface area contributed by atoms with E-state index in [1.807, 2.05) is 83.5 Å². The lowest BCUT2D eigenvalue weighted by atomic mass is 10.0. The van der Waals surface area contributed by atoms with Crippen LogP contribution in [0.1, 0.15) is 58.9 Å². The Morgan fingerprint density at radius 2 is 1.57 bits per heavy atom. The van der Waals surface area contributed by atoms with Crippen molar-refractivity contribution < 1.29 is 14.3 Å². The third-order valence-electron chi connectivity index (χ3n) is 6.91. The first-order valence-electron chi connectivity index (χ1n) is 13.2. The maximum absolute atomic E-state index is 13.9. The molecule has 37 heavy (non-hydrogen) atoms. The Kier molecular flexibility index (Phi) is 9.78. The fourth-order valence-electron chi connectivity index (χ4n) is 4.85. The molecule has 0 saturated heterocycles. The summed E-state index contributed by atoms with van der Waals surface area (Å²) >= 11 is 3.57. The van der Waals surface area contributed by atoms with Crippen molar-refractivity contribution in [2.75, 3.05) is 26.2 Å². The summed E-state index contributed by atoms with van der Waals surface area (Å²) in [5.74, 6) is 0.552.